The van der Waals surface area contributed by atoms with E-state index in [0.717, 1.165) is 12.8 Å². The van der Waals surface area contributed by atoms with E-state index in [1.54, 1.807) is 19.2 Å². The molecular formula is C17H20N2O2. The first-order valence-corrected chi connectivity index (χ1v) is 7.04. The maximum atomic E-state index is 12.1. The first kappa shape index (κ1) is 15.0. The van der Waals surface area contributed by atoms with Crippen molar-refractivity contribution in [2.45, 2.75) is 25.8 Å². The molecular weight excluding hydrogens is 264 g/mol. The molecule has 0 saturated heterocycles. The summed E-state index contributed by atoms with van der Waals surface area (Å²) < 4.78 is 4.97. The van der Waals surface area contributed by atoms with Crippen LogP contribution in [0, 0.1) is 0 Å². The lowest BCUT2D eigenvalue weighted by Gasteiger charge is -2.14. The molecule has 0 aliphatic heterocycles. The second-order valence-corrected chi connectivity index (χ2v) is 4.99. The van der Waals surface area contributed by atoms with E-state index in [2.05, 4.69) is 22.4 Å². The molecule has 1 unspecified atom stereocenters. The maximum Gasteiger partial charge on any atom is 0.253 e. The van der Waals surface area contributed by atoms with E-state index in [-0.39, 0.29) is 11.9 Å². The molecule has 2 aromatic rings. The number of ether oxygens (including phenoxy) is 1. The van der Waals surface area contributed by atoms with Crippen LogP contribution in [0.3, 0.4) is 0 Å². The van der Waals surface area contributed by atoms with Gasteiger partial charge >= 0.3 is 0 Å². The molecule has 0 fully saturated rings. The molecule has 110 valence electrons. The average molecular weight is 284 g/mol. The second-order valence-electron chi connectivity index (χ2n) is 4.99. The fraction of sp³-hybridized carbons (Fsp3) is 0.294. The Morgan fingerprint density at radius 3 is 2.62 bits per heavy atom. The number of pyridine rings is 1. The zero-order valence-electron chi connectivity index (χ0n) is 12.4. The van der Waals surface area contributed by atoms with Crippen molar-refractivity contribution >= 4 is 5.91 Å². The van der Waals surface area contributed by atoms with Gasteiger partial charge in [-0.25, -0.2) is 4.98 Å². The highest BCUT2D eigenvalue weighted by atomic mass is 16.5. The van der Waals surface area contributed by atoms with Gasteiger partial charge < -0.3 is 10.1 Å². The fourth-order valence-corrected chi connectivity index (χ4v) is 2.04. The van der Waals surface area contributed by atoms with Gasteiger partial charge in [0.2, 0.25) is 5.88 Å². The van der Waals surface area contributed by atoms with Gasteiger partial charge in [-0.2, -0.15) is 0 Å². The minimum Gasteiger partial charge on any atom is -0.481 e. The quantitative estimate of drug-likeness (QED) is 0.887. The van der Waals surface area contributed by atoms with Crippen molar-refractivity contribution in [2.75, 3.05) is 7.11 Å². The number of hydrogen-bond acceptors (Lipinski definition) is 3. The van der Waals surface area contributed by atoms with Crippen molar-refractivity contribution in [1.82, 2.24) is 10.3 Å². The first-order chi connectivity index (χ1) is 10.2. The number of nitrogens with one attached hydrogen (secondary N) is 1. The summed E-state index contributed by atoms with van der Waals surface area (Å²) in [5.41, 5.74) is 1.83. The maximum absolute atomic E-state index is 12.1. The largest absolute Gasteiger partial charge is 0.481 e. The normalized spacial score (nSPS) is 11.7. The van der Waals surface area contributed by atoms with Crippen LogP contribution in [-0.4, -0.2) is 24.0 Å². The Morgan fingerprint density at radius 2 is 2.00 bits per heavy atom. The van der Waals surface area contributed by atoms with E-state index in [4.69, 9.17) is 4.74 Å². The Balaban J connectivity index is 1.83. The van der Waals surface area contributed by atoms with Crippen LogP contribution in [0.25, 0.3) is 0 Å². The lowest BCUT2D eigenvalue weighted by Crippen LogP contribution is -2.32. The molecule has 21 heavy (non-hydrogen) atoms. The number of hydrogen-bond donors (Lipinski definition) is 1. The van der Waals surface area contributed by atoms with Crippen molar-refractivity contribution < 1.29 is 9.53 Å². The van der Waals surface area contributed by atoms with E-state index in [1.807, 2.05) is 25.1 Å². The molecule has 0 bridgehead atoms. The Bertz CT molecular complexity index is 567. The molecule has 0 aliphatic carbocycles. The molecule has 0 saturated carbocycles. The predicted octanol–water partition coefficient (Wildman–Crippen LogP) is 2.84. The predicted molar refractivity (Wildman–Crippen MR) is 82.5 cm³/mol. The third-order valence-electron chi connectivity index (χ3n) is 3.29. The number of aromatic nitrogens is 1. The van der Waals surface area contributed by atoms with Crippen molar-refractivity contribution in [3.05, 3.63) is 59.8 Å². The van der Waals surface area contributed by atoms with Crippen molar-refractivity contribution in [2.24, 2.45) is 0 Å². The minimum absolute atomic E-state index is 0.106. The van der Waals surface area contributed by atoms with Crippen LogP contribution in [0.1, 0.15) is 29.3 Å². The minimum atomic E-state index is -0.106. The highest BCUT2D eigenvalue weighted by Crippen LogP contribution is 2.08. The van der Waals surface area contributed by atoms with Gasteiger partial charge in [-0.1, -0.05) is 30.3 Å². The Kier molecular flexibility index (Phi) is 5.32. The number of nitrogens with zero attached hydrogens (tertiary/aromatic N) is 1. The van der Waals surface area contributed by atoms with Gasteiger partial charge in [0.15, 0.2) is 0 Å². The lowest BCUT2D eigenvalue weighted by atomic mass is 10.1. The standard InChI is InChI=1S/C17H20N2O2/c1-13(8-9-14-6-4-3-5-7-14)19-17(20)15-10-11-16(21-2)18-12-15/h3-7,10-13H,8-9H2,1-2H3,(H,19,20). The zero-order chi connectivity index (χ0) is 15.1. The van der Waals surface area contributed by atoms with Gasteiger partial charge in [-0.05, 0) is 31.4 Å². The highest BCUT2D eigenvalue weighted by molar-refractivity contribution is 5.94. The summed E-state index contributed by atoms with van der Waals surface area (Å²) in [6.07, 6.45) is 3.38. The molecule has 1 amide bonds. The highest BCUT2D eigenvalue weighted by Gasteiger charge is 2.10. The molecule has 2 rings (SSSR count). The van der Waals surface area contributed by atoms with Gasteiger partial charge in [0.1, 0.15) is 0 Å². The zero-order valence-corrected chi connectivity index (χ0v) is 12.4. The van der Waals surface area contributed by atoms with Gasteiger partial charge in [0, 0.05) is 18.3 Å². The average Bonchev–Trinajstić information content (AvgIpc) is 2.54. The van der Waals surface area contributed by atoms with Crippen molar-refractivity contribution in [1.29, 1.82) is 0 Å². The molecule has 0 radical (unpaired) electrons. The molecule has 0 aliphatic rings. The summed E-state index contributed by atoms with van der Waals surface area (Å²) in [6, 6.07) is 13.8. The molecule has 1 aromatic heterocycles. The number of benzene rings is 1. The van der Waals surface area contributed by atoms with Crippen molar-refractivity contribution in [3.63, 3.8) is 0 Å². The van der Waals surface area contributed by atoms with Crippen LogP contribution in [0.4, 0.5) is 0 Å². The summed E-state index contributed by atoms with van der Waals surface area (Å²) in [5.74, 6) is 0.398. The Hall–Kier alpha value is -2.36. The number of methoxy groups -OCH3 is 1. The fourth-order valence-electron chi connectivity index (χ4n) is 2.04. The van der Waals surface area contributed by atoms with Crippen LogP contribution < -0.4 is 10.1 Å². The summed E-state index contributed by atoms with van der Waals surface area (Å²) in [5, 5.41) is 2.98. The van der Waals surface area contributed by atoms with Gasteiger partial charge in [-0.3, -0.25) is 4.79 Å². The molecule has 1 heterocycles. The van der Waals surface area contributed by atoms with Crippen molar-refractivity contribution in [3.8, 4) is 5.88 Å². The molecule has 1 aromatic carbocycles. The molecule has 4 heteroatoms. The molecule has 0 spiro atoms. The van der Waals surface area contributed by atoms with E-state index in [0.29, 0.717) is 11.4 Å². The van der Waals surface area contributed by atoms with E-state index in [9.17, 15) is 4.79 Å². The Labute approximate surface area is 125 Å². The smallest absolute Gasteiger partial charge is 0.253 e. The van der Waals surface area contributed by atoms with E-state index < -0.39 is 0 Å². The molecule has 1 N–H and O–H groups in total. The van der Waals surface area contributed by atoms with Gasteiger partial charge in [0.25, 0.3) is 5.91 Å². The molecule has 4 nitrogen and oxygen atoms in total. The summed E-state index contributed by atoms with van der Waals surface area (Å²) >= 11 is 0. The number of amides is 1. The third kappa shape index (κ3) is 4.60. The summed E-state index contributed by atoms with van der Waals surface area (Å²) in [4.78, 5) is 16.1. The lowest BCUT2D eigenvalue weighted by molar-refractivity contribution is 0.0938. The van der Waals surface area contributed by atoms with Crippen LogP contribution in [0.5, 0.6) is 5.88 Å². The van der Waals surface area contributed by atoms with Crippen LogP contribution >= 0.6 is 0 Å². The number of carbonyl (C=O) groups is 1. The number of carbonyl (C=O) groups excluding carboxylic acids is 1. The van der Waals surface area contributed by atoms with Gasteiger partial charge in [0.05, 0.1) is 12.7 Å². The number of rotatable bonds is 6. The monoisotopic (exact) mass is 284 g/mol. The molecule has 1 atom stereocenters. The Morgan fingerprint density at radius 1 is 1.24 bits per heavy atom. The first-order valence-electron chi connectivity index (χ1n) is 7.04. The summed E-state index contributed by atoms with van der Waals surface area (Å²) in [7, 11) is 1.55. The van der Waals surface area contributed by atoms with Gasteiger partial charge in [-0.15, -0.1) is 0 Å². The SMILES string of the molecule is COc1ccc(C(=O)NC(C)CCc2ccccc2)cn1. The van der Waals surface area contributed by atoms with E-state index >= 15 is 0 Å². The van der Waals surface area contributed by atoms with Crippen LogP contribution in [0.15, 0.2) is 48.7 Å². The van der Waals surface area contributed by atoms with E-state index in [1.165, 1.54) is 11.8 Å². The third-order valence-corrected chi connectivity index (χ3v) is 3.29. The van der Waals surface area contributed by atoms with Crippen LogP contribution in [0.2, 0.25) is 0 Å². The second kappa shape index (κ2) is 7.43. The topological polar surface area (TPSA) is 51.2 Å². The summed E-state index contributed by atoms with van der Waals surface area (Å²) in [6.45, 7) is 2.01. The van der Waals surface area contributed by atoms with Crippen LogP contribution in [-0.2, 0) is 6.42 Å². The number of aryl methyl sites for hydroxylation is 1.